The zero-order chi connectivity index (χ0) is 19.1. The van der Waals surface area contributed by atoms with Crippen molar-refractivity contribution in [2.24, 2.45) is 0 Å². The van der Waals surface area contributed by atoms with E-state index in [2.05, 4.69) is 27.8 Å². The Morgan fingerprint density at radius 1 is 1.00 bits per heavy atom. The third-order valence-corrected chi connectivity index (χ3v) is 5.09. The van der Waals surface area contributed by atoms with Gasteiger partial charge >= 0.3 is 0 Å². The summed E-state index contributed by atoms with van der Waals surface area (Å²) in [7, 11) is 0. The van der Waals surface area contributed by atoms with Crippen LogP contribution in [0.2, 0.25) is 0 Å². The number of H-pyrrole nitrogens is 1. The largest absolute Gasteiger partial charge is 0.358 e. The molecule has 5 rings (SSSR count). The van der Waals surface area contributed by atoms with Gasteiger partial charge in [0.15, 0.2) is 0 Å². The van der Waals surface area contributed by atoms with E-state index in [1.165, 1.54) is 0 Å². The minimum absolute atomic E-state index is 0.0177. The van der Waals surface area contributed by atoms with E-state index in [0.29, 0.717) is 0 Å². The number of anilines is 2. The van der Waals surface area contributed by atoms with E-state index in [1.54, 1.807) is 0 Å². The molecule has 0 unspecified atom stereocenters. The summed E-state index contributed by atoms with van der Waals surface area (Å²) < 4.78 is 0. The Hall–Kier alpha value is -3.60. The maximum atomic E-state index is 12.3. The molecule has 3 N–H and O–H groups in total. The SMILES string of the molecule is C[C@@H]1Cc2[nH]c(-c3cccc4ccc(Nc5ccccc5)nc34)cc2C(=O)N1. The third kappa shape index (κ3) is 2.91. The number of carbonyl (C=O) groups excluding carboxylic acids is 1. The molecule has 3 heterocycles. The van der Waals surface area contributed by atoms with Gasteiger partial charge in [0.25, 0.3) is 5.91 Å². The first-order chi connectivity index (χ1) is 13.7. The number of benzene rings is 2. The monoisotopic (exact) mass is 368 g/mol. The van der Waals surface area contributed by atoms with E-state index in [9.17, 15) is 4.79 Å². The van der Waals surface area contributed by atoms with Crippen LogP contribution in [-0.2, 0) is 6.42 Å². The molecule has 0 fully saturated rings. The Kier molecular flexibility index (Phi) is 3.86. The fourth-order valence-corrected chi connectivity index (χ4v) is 3.77. The molecule has 1 atom stereocenters. The van der Waals surface area contributed by atoms with Crippen LogP contribution >= 0.6 is 0 Å². The summed E-state index contributed by atoms with van der Waals surface area (Å²) in [6.45, 7) is 2.02. The van der Waals surface area contributed by atoms with Gasteiger partial charge in [-0.3, -0.25) is 4.79 Å². The summed E-state index contributed by atoms with van der Waals surface area (Å²) in [5.74, 6) is 0.768. The maximum Gasteiger partial charge on any atom is 0.253 e. The molecule has 5 heteroatoms. The molecule has 138 valence electrons. The molecule has 0 bridgehead atoms. The Morgan fingerprint density at radius 3 is 2.71 bits per heavy atom. The molecule has 0 saturated heterocycles. The highest BCUT2D eigenvalue weighted by Gasteiger charge is 2.24. The number of hydrogen-bond acceptors (Lipinski definition) is 3. The normalized spacial score (nSPS) is 15.9. The molecule has 2 aromatic carbocycles. The predicted octanol–water partition coefficient (Wildman–Crippen LogP) is 4.65. The fraction of sp³-hybridized carbons (Fsp3) is 0.130. The van der Waals surface area contributed by atoms with Crippen LogP contribution in [0, 0.1) is 0 Å². The molecule has 28 heavy (non-hydrogen) atoms. The lowest BCUT2D eigenvalue weighted by molar-refractivity contribution is 0.0929. The molecule has 5 nitrogen and oxygen atoms in total. The summed E-state index contributed by atoms with van der Waals surface area (Å²) in [6, 6.07) is 22.2. The number of fused-ring (bicyclic) bond motifs is 2. The van der Waals surface area contributed by atoms with Gasteiger partial charge in [0, 0.05) is 40.5 Å². The number of para-hydroxylation sites is 2. The van der Waals surface area contributed by atoms with Crippen molar-refractivity contribution in [1.29, 1.82) is 0 Å². The number of carbonyl (C=O) groups is 1. The van der Waals surface area contributed by atoms with Gasteiger partial charge in [-0.15, -0.1) is 0 Å². The Labute approximate surface area is 162 Å². The van der Waals surface area contributed by atoms with E-state index < -0.39 is 0 Å². The second-order valence-electron chi connectivity index (χ2n) is 7.22. The Balaban J connectivity index is 1.59. The number of rotatable bonds is 3. The first-order valence-corrected chi connectivity index (χ1v) is 9.42. The van der Waals surface area contributed by atoms with Gasteiger partial charge in [0.1, 0.15) is 5.82 Å². The quantitative estimate of drug-likeness (QED) is 0.493. The van der Waals surface area contributed by atoms with E-state index in [0.717, 1.165) is 51.3 Å². The van der Waals surface area contributed by atoms with Crippen LogP contribution in [0.1, 0.15) is 23.0 Å². The fourth-order valence-electron chi connectivity index (χ4n) is 3.77. The van der Waals surface area contributed by atoms with Crippen LogP contribution < -0.4 is 10.6 Å². The van der Waals surface area contributed by atoms with Crippen molar-refractivity contribution >= 4 is 28.3 Å². The number of hydrogen-bond donors (Lipinski definition) is 3. The van der Waals surface area contributed by atoms with Gasteiger partial charge in [-0.2, -0.15) is 0 Å². The first kappa shape index (κ1) is 16.6. The van der Waals surface area contributed by atoms with Crippen LogP contribution in [-0.4, -0.2) is 21.9 Å². The standard InChI is InChI=1S/C23H20N4O/c1-14-12-19-18(23(28)24-14)13-20(26-19)17-9-5-6-15-10-11-21(27-22(15)17)25-16-7-3-2-4-8-16/h2-11,13-14,26H,12H2,1H3,(H,24,28)(H,25,27)/t14-/m1/s1. The van der Waals surface area contributed by atoms with Crippen LogP contribution in [0.4, 0.5) is 11.5 Å². The van der Waals surface area contributed by atoms with E-state index in [-0.39, 0.29) is 11.9 Å². The molecule has 0 saturated carbocycles. The van der Waals surface area contributed by atoms with Crippen molar-refractivity contribution in [1.82, 2.24) is 15.3 Å². The average Bonchev–Trinajstić information content (AvgIpc) is 3.12. The zero-order valence-electron chi connectivity index (χ0n) is 15.5. The smallest absolute Gasteiger partial charge is 0.253 e. The molecule has 0 aliphatic carbocycles. The number of aromatic nitrogens is 2. The molecule has 0 spiro atoms. The summed E-state index contributed by atoms with van der Waals surface area (Å²) >= 11 is 0. The van der Waals surface area contributed by atoms with Crippen LogP contribution in [0.15, 0.2) is 66.7 Å². The number of nitrogens with one attached hydrogen (secondary N) is 3. The van der Waals surface area contributed by atoms with Gasteiger partial charge in [0.05, 0.1) is 11.1 Å². The molecule has 2 aromatic heterocycles. The molecule has 4 aromatic rings. The highest BCUT2D eigenvalue weighted by molar-refractivity contribution is 6.00. The average molecular weight is 368 g/mol. The minimum atomic E-state index is -0.0177. The second-order valence-corrected chi connectivity index (χ2v) is 7.22. The minimum Gasteiger partial charge on any atom is -0.358 e. The van der Waals surface area contributed by atoms with Crippen LogP contribution in [0.5, 0.6) is 0 Å². The maximum absolute atomic E-state index is 12.3. The van der Waals surface area contributed by atoms with Crippen molar-refractivity contribution in [3.63, 3.8) is 0 Å². The lowest BCUT2D eigenvalue weighted by Gasteiger charge is -2.19. The number of pyridine rings is 1. The van der Waals surface area contributed by atoms with E-state index in [4.69, 9.17) is 4.98 Å². The second kappa shape index (κ2) is 6.53. The number of amides is 1. The Morgan fingerprint density at radius 2 is 1.86 bits per heavy atom. The van der Waals surface area contributed by atoms with Crippen LogP contribution in [0.3, 0.4) is 0 Å². The first-order valence-electron chi connectivity index (χ1n) is 9.42. The van der Waals surface area contributed by atoms with Crippen molar-refractivity contribution in [2.45, 2.75) is 19.4 Å². The topological polar surface area (TPSA) is 69.8 Å². The molecule has 0 radical (unpaired) electrons. The summed E-state index contributed by atoms with van der Waals surface area (Å²) in [5, 5.41) is 7.40. The van der Waals surface area contributed by atoms with E-state index >= 15 is 0 Å². The predicted molar refractivity (Wildman–Crippen MR) is 112 cm³/mol. The lowest BCUT2D eigenvalue weighted by atomic mass is 10.0. The Bertz CT molecular complexity index is 1180. The van der Waals surface area contributed by atoms with Crippen LogP contribution in [0.25, 0.3) is 22.2 Å². The lowest BCUT2D eigenvalue weighted by Crippen LogP contribution is -2.38. The van der Waals surface area contributed by atoms with Crippen molar-refractivity contribution in [3.8, 4) is 11.3 Å². The van der Waals surface area contributed by atoms with E-state index in [1.807, 2.05) is 61.5 Å². The van der Waals surface area contributed by atoms with Gasteiger partial charge in [-0.25, -0.2) is 4.98 Å². The summed E-state index contributed by atoms with van der Waals surface area (Å²) in [6.07, 6.45) is 0.806. The van der Waals surface area contributed by atoms with Crippen molar-refractivity contribution < 1.29 is 4.79 Å². The highest BCUT2D eigenvalue weighted by atomic mass is 16.1. The summed E-state index contributed by atoms with van der Waals surface area (Å²) in [5.41, 5.74) is 5.52. The third-order valence-electron chi connectivity index (χ3n) is 5.09. The summed E-state index contributed by atoms with van der Waals surface area (Å²) in [4.78, 5) is 20.6. The molecule has 1 aliphatic heterocycles. The zero-order valence-corrected chi connectivity index (χ0v) is 15.5. The van der Waals surface area contributed by atoms with Gasteiger partial charge in [-0.1, -0.05) is 36.4 Å². The number of aromatic amines is 1. The van der Waals surface area contributed by atoms with Crippen molar-refractivity contribution in [3.05, 3.63) is 78.0 Å². The molecule has 1 aliphatic rings. The van der Waals surface area contributed by atoms with Gasteiger partial charge < -0.3 is 15.6 Å². The molecular formula is C23H20N4O. The molecular weight excluding hydrogens is 348 g/mol. The van der Waals surface area contributed by atoms with Gasteiger partial charge in [0.2, 0.25) is 0 Å². The van der Waals surface area contributed by atoms with Gasteiger partial charge in [-0.05, 0) is 37.3 Å². The van der Waals surface area contributed by atoms with Crippen molar-refractivity contribution in [2.75, 3.05) is 5.32 Å². The number of nitrogens with zero attached hydrogens (tertiary/aromatic N) is 1. The highest BCUT2D eigenvalue weighted by Crippen LogP contribution is 2.31. The molecule has 1 amide bonds.